The summed E-state index contributed by atoms with van der Waals surface area (Å²) in [4.78, 5) is 35.1. The smallest absolute Gasteiger partial charge is 0.870 e. The third kappa shape index (κ3) is 22.6. The van der Waals surface area contributed by atoms with Crippen molar-refractivity contribution in [1.29, 1.82) is 0 Å². The Kier molecular flexibility index (Phi) is 32.2. The standard InChI is InChI=1S/C28H29NO4.C26H25NO4.C21H21BrO4.C7H10BNO2.ClH.Li.H2O/c1-4-31-27(30)14-23-9-8-18(2)10-26(23)32-17-21-12-24-19(3)16-33-28(24)25(13-21)22-7-5-6-20(11-22)15-29;1-16-6-7-21(12-25(28)29)24(8-16)30-15-19-10-22-17(2)14-31-26(22)23(11-19)20-5-3-4-18(9-20)13-27;1-4-24-20(23)10-16-6-5-13(2)7-19(16)25-12-15-8-17-14(3)11-26-21(17)18(22)9-15;9-5-6-2-1-3-7(4-6)8(10)11;;;/h5-13,16H,4,14-15,17,29H2,1-3H3;3-11,14H,12-13,15,27H2,1-2H3,(H,28,29);5-9,11H,4,10,12H2,1-3H3;1-4,10-11H,5,9H2;1H;;1H2/q;;;;;+1;/p-1. The number of benzene rings is 9. The molecule has 0 bridgehead atoms. The second kappa shape index (κ2) is 40.0. The molecule has 3 heterocycles. The molecule has 104 heavy (non-hydrogen) atoms. The largest absolute Gasteiger partial charge is 1.00 e. The van der Waals surface area contributed by atoms with Gasteiger partial charge in [-0.2, -0.15) is 0 Å². The molecule has 0 aliphatic rings. The van der Waals surface area contributed by atoms with Crippen LogP contribution in [0.15, 0.2) is 200 Å². The van der Waals surface area contributed by atoms with Crippen molar-refractivity contribution >= 4 is 91.7 Å². The molecular formula is C82H87BBrClLiN3O15. The van der Waals surface area contributed by atoms with Crippen molar-refractivity contribution < 1.29 is 90.8 Å². The molecule has 22 heteroatoms. The van der Waals surface area contributed by atoms with E-state index in [4.69, 9.17) is 64.2 Å². The molecule has 0 atom stereocenters. The van der Waals surface area contributed by atoms with Crippen LogP contribution < -0.4 is 55.7 Å². The van der Waals surface area contributed by atoms with Crippen LogP contribution in [0.25, 0.3) is 55.2 Å². The quantitative estimate of drug-likeness (QED) is 0.0256. The number of rotatable bonds is 23. The van der Waals surface area contributed by atoms with E-state index in [-0.39, 0.29) is 67.9 Å². The molecule has 0 aliphatic heterocycles. The average molecular weight is 1490 g/mol. The molecule has 0 aliphatic carbocycles. The van der Waals surface area contributed by atoms with E-state index in [1.165, 1.54) is 0 Å². The van der Waals surface area contributed by atoms with Gasteiger partial charge in [-0.05, 0) is 221 Å². The molecule has 10 N–H and O–H groups in total. The maximum Gasteiger partial charge on any atom is 1.00 e. The van der Waals surface area contributed by atoms with Crippen LogP contribution in [0, 0.1) is 41.5 Å². The maximum atomic E-state index is 12.0. The number of carbonyl (C=O) groups excluding carboxylic acids is 2. The molecule has 0 saturated heterocycles. The van der Waals surface area contributed by atoms with Gasteiger partial charge < -0.3 is 74.8 Å². The van der Waals surface area contributed by atoms with Crippen molar-refractivity contribution in [3.05, 3.63) is 271 Å². The fourth-order valence-electron chi connectivity index (χ4n) is 11.4. The summed E-state index contributed by atoms with van der Waals surface area (Å²) in [6, 6.07) is 52.9. The van der Waals surface area contributed by atoms with Crippen LogP contribution in [0.3, 0.4) is 0 Å². The van der Waals surface area contributed by atoms with Crippen molar-refractivity contribution in [1.82, 2.24) is 0 Å². The van der Waals surface area contributed by atoms with E-state index in [2.05, 4.69) is 64.5 Å². The molecular weight excluding hydrogens is 1400 g/mol. The molecule has 12 rings (SSSR count). The normalized spacial score (nSPS) is 10.6. The molecule has 12 aromatic rings. The Morgan fingerprint density at radius 3 is 1.18 bits per heavy atom. The van der Waals surface area contributed by atoms with E-state index >= 15 is 0 Å². The van der Waals surface area contributed by atoms with Crippen LogP contribution in [0.1, 0.15) is 97.3 Å². The number of hydrogen-bond donors (Lipinski definition) is 6. The number of hydrogen-bond acceptors (Lipinski definition) is 17. The molecule has 18 nitrogen and oxygen atoms in total. The van der Waals surface area contributed by atoms with Gasteiger partial charge in [-0.15, -0.1) is 12.4 Å². The average Bonchev–Trinajstić information content (AvgIpc) is 1.64. The third-order valence-corrected chi connectivity index (χ3v) is 17.2. The van der Waals surface area contributed by atoms with Gasteiger partial charge in [0.1, 0.15) is 53.8 Å². The molecule has 3 aromatic heterocycles. The molecule has 0 saturated carbocycles. The molecule has 9 aromatic carbocycles. The van der Waals surface area contributed by atoms with Crippen LogP contribution >= 0.6 is 28.3 Å². The SMILES string of the molecule is CCOC(=O)Cc1ccc(C)cc1OCc1cc(-c2cccc(CN)c2)c2occ(C)c2c1.CCOC(=O)Cc1ccc(C)cc1OCc1cc(Br)c2occ(C)c2c1.Cc1ccc(CC(=O)O)c(OCc2cc(-c3cccc(CN)c3)c3occ(C)c3c2)c1.Cl.NCc1cccc(B(O)O)c1.[Li+].[OH-]. The van der Waals surface area contributed by atoms with Crippen LogP contribution in [0.5, 0.6) is 17.2 Å². The maximum absolute atomic E-state index is 12.0. The zero-order valence-corrected chi connectivity index (χ0v) is 62.4. The van der Waals surface area contributed by atoms with Crippen molar-refractivity contribution in [2.45, 2.75) is 114 Å². The number of esters is 2. The van der Waals surface area contributed by atoms with Gasteiger partial charge in [0.25, 0.3) is 0 Å². The van der Waals surface area contributed by atoms with Crippen molar-refractivity contribution in [3.63, 3.8) is 0 Å². The van der Waals surface area contributed by atoms with Crippen LogP contribution in [-0.2, 0) is 82.6 Å². The monoisotopic (exact) mass is 1490 g/mol. The predicted octanol–water partition coefficient (Wildman–Crippen LogP) is 12.8. The number of carboxylic acids is 1. The van der Waals surface area contributed by atoms with Crippen molar-refractivity contribution in [2.75, 3.05) is 13.2 Å². The van der Waals surface area contributed by atoms with Crippen LogP contribution in [0.2, 0.25) is 0 Å². The summed E-state index contributed by atoms with van der Waals surface area (Å²) in [7, 11) is -1.40. The third-order valence-electron chi connectivity index (χ3n) is 16.6. The minimum absolute atomic E-state index is 0. The van der Waals surface area contributed by atoms with Crippen molar-refractivity contribution in [2.24, 2.45) is 17.2 Å². The molecule has 538 valence electrons. The molecule has 0 spiro atoms. The zero-order chi connectivity index (χ0) is 72.3. The summed E-state index contributed by atoms with van der Waals surface area (Å²) in [5.41, 5.74) is 38.8. The van der Waals surface area contributed by atoms with Gasteiger partial charge in [-0.3, -0.25) is 14.4 Å². The topological polar surface area (TPSA) is 306 Å². The number of ether oxygens (including phenoxy) is 5. The van der Waals surface area contributed by atoms with Crippen molar-refractivity contribution in [3.8, 4) is 39.5 Å². The zero-order valence-electron chi connectivity index (χ0n) is 60.0. The fraction of sp³-hybridized carbons (Fsp3) is 0.232. The van der Waals surface area contributed by atoms with E-state index in [1.54, 1.807) is 50.8 Å². The first-order valence-corrected chi connectivity index (χ1v) is 34.0. The second-order valence-corrected chi connectivity index (χ2v) is 25.5. The summed E-state index contributed by atoms with van der Waals surface area (Å²) < 4.78 is 46.8. The Morgan fingerprint density at radius 2 is 0.808 bits per heavy atom. The van der Waals surface area contributed by atoms with Gasteiger partial charge in [0.15, 0.2) is 0 Å². The Morgan fingerprint density at radius 1 is 0.452 bits per heavy atom. The number of nitrogens with two attached hydrogens (primary N) is 3. The minimum atomic E-state index is -1.40. The first kappa shape index (κ1) is 83.5. The van der Waals surface area contributed by atoms with Gasteiger partial charge in [0.05, 0.1) is 55.7 Å². The Labute approximate surface area is 633 Å². The molecule has 0 amide bonds. The number of aliphatic carboxylic acids is 1. The summed E-state index contributed by atoms with van der Waals surface area (Å²) in [5.74, 6) is 0.601. The number of carbonyl (C=O) groups is 3. The number of furan rings is 3. The summed E-state index contributed by atoms with van der Waals surface area (Å²) in [6.07, 6.45) is 5.60. The number of fused-ring (bicyclic) bond motifs is 3. The minimum Gasteiger partial charge on any atom is -0.870 e. The van der Waals surface area contributed by atoms with E-state index in [9.17, 15) is 19.5 Å². The summed E-state index contributed by atoms with van der Waals surface area (Å²) in [5, 5.41) is 29.9. The predicted molar refractivity (Wildman–Crippen MR) is 409 cm³/mol. The van der Waals surface area contributed by atoms with E-state index in [1.807, 2.05) is 139 Å². The fourth-order valence-corrected chi connectivity index (χ4v) is 12.0. The molecule has 0 unspecified atom stereocenters. The van der Waals surface area contributed by atoms with Crippen LogP contribution in [0.4, 0.5) is 0 Å². The number of halogens is 2. The van der Waals surface area contributed by atoms with E-state index in [0.29, 0.717) is 80.9 Å². The molecule has 0 radical (unpaired) electrons. The first-order chi connectivity index (χ1) is 48.6. The summed E-state index contributed by atoms with van der Waals surface area (Å²) in [6.45, 7) is 18.8. The van der Waals surface area contributed by atoms with Gasteiger partial charge >= 0.3 is 43.9 Å². The first-order valence-electron chi connectivity index (χ1n) is 33.3. The Balaban J connectivity index is 0.000000226. The van der Waals surface area contributed by atoms with Crippen LogP contribution in [-0.4, -0.2) is 58.9 Å². The van der Waals surface area contributed by atoms with Gasteiger partial charge in [-0.25, -0.2) is 0 Å². The van der Waals surface area contributed by atoms with Gasteiger partial charge in [0.2, 0.25) is 0 Å². The van der Waals surface area contributed by atoms with E-state index < -0.39 is 13.1 Å². The van der Waals surface area contributed by atoms with E-state index in [0.717, 1.165) is 138 Å². The van der Waals surface area contributed by atoms with Gasteiger partial charge in [0, 0.05) is 63.6 Å². The van der Waals surface area contributed by atoms with Gasteiger partial charge in [-0.1, -0.05) is 97.1 Å². The second-order valence-electron chi connectivity index (χ2n) is 24.6. The number of aryl methyl sites for hydroxylation is 6. The summed E-state index contributed by atoms with van der Waals surface area (Å²) >= 11 is 3.55. The Bertz CT molecular complexity index is 4880. The molecule has 0 fully saturated rings. The Hall–Kier alpha value is -9.40. The number of carboxylic acid groups (broad SMARTS) is 1.